The molecule has 4 nitrogen and oxygen atoms in total. The summed E-state index contributed by atoms with van der Waals surface area (Å²) < 4.78 is 0. The normalized spacial score (nSPS) is 20.7. The van der Waals surface area contributed by atoms with Gasteiger partial charge in [-0.05, 0) is 49.7 Å². The molecule has 0 radical (unpaired) electrons. The predicted molar refractivity (Wildman–Crippen MR) is 88.2 cm³/mol. The first-order valence-corrected chi connectivity index (χ1v) is 8.46. The SMILES string of the molecule is C=CC(=O)N1CCC(CCC2CCN(C(=O)C=C)CC2)CC1. The minimum atomic E-state index is 0.0673. The fourth-order valence-corrected chi connectivity index (χ4v) is 3.61. The molecule has 0 atom stereocenters. The summed E-state index contributed by atoms with van der Waals surface area (Å²) in [4.78, 5) is 26.9. The second-order valence-electron chi connectivity index (χ2n) is 6.52. The number of carbonyl (C=O) groups is 2. The van der Waals surface area contributed by atoms with Gasteiger partial charge in [-0.25, -0.2) is 0 Å². The Bertz CT molecular complexity index is 377. The van der Waals surface area contributed by atoms with Crippen molar-refractivity contribution in [2.24, 2.45) is 11.8 Å². The van der Waals surface area contributed by atoms with Crippen molar-refractivity contribution in [3.8, 4) is 0 Å². The molecule has 2 saturated heterocycles. The van der Waals surface area contributed by atoms with Crippen molar-refractivity contribution in [1.29, 1.82) is 0 Å². The lowest BCUT2D eigenvalue weighted by molar-refractivity contribution is -0.128. The Labute approximate surface area is 133 Å². The van der Waals surface area contributed by atoms with Crippen LogP contribution in [-0.2, 0) is 9.59 Å². The maximum Gasteiger partial charge on any atom is 0.245 e. The van der Waals surface area contributed by atoms with Gasteiger partial charge >= 0.3 is 0 Å². The van der Waals surface area contributed by atoms with Crippen molar-refractivity contribution in [3.63, 3.8) is 0 Å². The molecule has 0 aromatic carbocycles. The zero-order valence-corrected chi connectivity index (χ0v) is 13.5. The Kier molecular flexibility index (Phi) is 6.22. The molecule has 0 saturated carbocycles. The summed E-state index contributed by atoms with van der Waals surface area (Å²) in [5.41, 5.74) is 0. The lowest BCUT2D eigenvalue weighted by Crippen LogP contribution is -2.38. The van der Waals surface area contributed by atoms with Gasteiger partial charge in [0.15, 0.2) is 0 Å². The summed E-state index contributed by atoms with van der Waals surface area (Å²) >= 11 is 0. The number of carbonyl (C=O) groups excluding carboxylic acids is 2. The maximum atomic E-state index is 11.6. The molecule has 4 heteroatoms. The van der Waals surface area contributed by atoms with Gasteiger partial charge in [0, 0.05) is 26.2 Å². The van der Waals surface area contributed by atoms with Crippen LogP contribution in [0.4, 0.5) is 0 Å². The zero-order valence-electron chi connectivity index (χ0n) is 13.5. The Hall–Kier alpha value is -1.58. The third kappa shape index (κ3) is 4.46. The number of piperidine rings is 2. The lowest BCUT2D eigenvalue weighted by atomic mass is 9.85. The summed E-state index contributed by atoms with van der Waals surface area (Å²) in [6.45, 7) is 10.6. The van der Waals surface area contributed by atoms with Gasteiger partial charge < -0.3 is 9.80 Å². The van der Waals surface area contributed by atoms with Crippen molar-refractivity contribution < 1.29 is 9.59 Å². The Morgan fingerprint density at radius 1 is 0.773 bits per heavy atom. The molecular weight excluding hydrogens is 276 g/mol. The molecule has 2 rings (SSSR count). The van der Waals surface area contributed by atoms with Gasteiger partial charge in [-0.15, -0.1) is 0 Å². The number of nitrogens with zero attached hydrogens (tertiary/aromatic N) is 2. The molecule has 0 bridgehead atoms. The molecule has 0 N–H and O–H groups in total. The van der Waals surface area contributed by atoms with Crippen LogP contribution in [-0.4, -0.2) is 47.8 Å². The smallest absolute Gasteiger partial charge is 0.245 e. The minimum absolute atomic E-state index is 0.0673. The molecule has 2 aliphatic heterocycles. The van der Waals surface area contributed by atoms with E-state index in [9.17, 15) is 9.59 Å². The highest BCUT2D eigenvalue weighted by Gasteiger charge is 2.24. The van der Waals surface area contributed by atoms with E-state index in [2.05, 4.69) is 13.2 Å². The first-order valence-electron chi connectivity index (χ1n) is 8.46. The highest BCUT2D eigenvalue weighted by Crippen LogP contribution is 2.28. The van der Waals surface area contributed by atoms with E-state index < -0.39 is 0 Å². The van der Waals surface area contributed by atoms with Gasteiger partial charge in [-0.3, -0.25) is 9.59 Å². The van der Waals surface area contributed by atoms with E-state index in [1.165, 1.54) is 25.0 Å². The second kappa shape index (κ2) is 8.16. The molecule has 0 aromatic rings. The van der Waals surface area contributed by atoms with Crippen LogP contribution in [0.3, 0.4) is 0 Å². The summed E-state index contributed by atoms with van der Waals surface area (Å²) in [6, 6.07) is 0. The van der Waals surface area contributed by atoms with Crippen molar-refractivity contribution in [3.05, 3.63) is 25.3 Å². The van der Waals surface area contributed by atoms with Crippen LogP contribution in [0, 0.1) is 11.8 Å². The van der Waals surface area contributed by atoms with E-state index in [-0.39, 0.29) is 11.8 Å². The minimum Gasteiger partial charge on any atom is -0.339 e. The molecule has 0 aromatic heterocycles. The van der Waals surface area contributed by atoms with Gasteiger partial charge in [-0.2, -0.15) is 0 Å². The second-order valence-corrected chi connectivity index (χ2v) is 6.52. The van der Waals surface area contributed by atoms with E-state index in [1.54, 1.807) is 0 Å². The molecule has 0 unspecified atom stereocenters. The number of hydrogen-bond acceptors (Lipinski definition) is 2. The fourth-order valence-electron chi connectivity index (χ4n) is 3.61. The average Bonchev–Trinajstić information content (AvgIpc) is 2.59. The van der Waals surface area contributed by atoms with Crippen LogP contribution in [0.2, 0.25) is 0 Å². The molecule has 0 aliphatic carbocycles. The monoisotopic (exact) mass is 304 g/mol. The number of hydrogen-bond donors (Lipinski definition) is 0. The molecule has 2 aliphatic rings. The van der Waals surface area contributed by atoms with Crippen LogP contribution in [0.5, 0.6) is 0 Å². The summed E-state index contributed by atoms with van der Waals surface area (Å²) in [6.07, 6.45) is 9.82. The van der Waals surface area contributed by atoms with Crippen LogP contribution < -0.4 is 0 Å². The van der Waals surface area contributed by atoms with E-state index in [0.29, 0.717) is 0 Å². The quantitative estimate of drug-likeness (QED) is 0.733. The number of amides is 2. The topological polar surface area (TPSA) is 40.6 Å². The van der Waals surface area contributed by atoms with Crippen molar-refractivity contribution in [2.45, 2.75) is 38.5 Å². The number of rotatable bonds is 5. The molecular formula is C18H28N2O2. The molecule has 22 heavy (non-hydrogen) atoms. The Morgan fingerprint density at radius 3 is 1.36 bits per heavy atom. The predicted octanol–water partition coefficient (Wildman–Crippen LogP) is 2.62. The lowest BCUT2D eigenvalue weighted by Gasteiger charge is -2.34. The van der Waals surface area contributed by atoms with Gasteiger partial charge in [-0.1, -0.05) is 26.0 Å². The summed E-state index contributed by atoms with van der Waals surface area (Å²) in [5, 5.41) is 0. The first-order chi connectivity index (χ1) is 10.6. The fraction of sp³-hybridized carbons (Fsp3) is 0.667. The molecule has 0 spiro atoms. The van der Waals surface area contributed by atoms with E-state index >= 15 is 0 Å². The van der Waals surface area contributed by atoms with Crippen LogP contribution in [0.1, 0.15) is 38.5 Å². The van der Waals surface area contributed by atoms with Crippen molar-refractivity contribution >= 4 is 11.8 Å². The highest BCUT2D eigenvalue weighted by molar-refractivity contribution is 5.87. The summed E-state index contributed by atoms with van der Waals surface area (Å²) in [5.74, 6) is 1.64. The summed E-state index contributed by atoms with van der Waals surface area (Å²) in [7, 11) is 0. The molecule has 2 fully saturated rings. The van der Waals surface area contributed by atoms with Gasteiger partial charge in [0.05, 0.1) is 0 Å². The van der Waals surface area contributed by atoms with Crippen LogP contribution >= 0.6 is 0 Å². The third-order valence-electron chi connectivity index (χ3n) is 5.18. The van der Waals surface area contributed by atoms with Crippen LogP contribution in [0.15, 0.2) is 25.3 Å². The largest absolute Gasteiger partial charge is 0.339 e. The van der Waals surface area contributed by atoms with E-state index in [1.807, 2.05) is 9.80 Å². The van der Waals surface area contributed by atoms with E-state index in [0.717, 1.165) is 63.7 Å². The zero-order chi connectivity index (χ0) is 15.9. The van der Waals surface area contributed by atoms with Gasteiger partial charge in [0.2, 0.25) is 11.8 Å². The van der Waals surface area contributed by atoms with E-state index in [4.69, 9.17) is 0 Å². The Morgan fingerprint density at radius 2 is 1.09 bits per heavy atom. The third-order valence-corrected chi connectivity index (χ3v) is 5.18. The maximum absolute atomic E-state index is 11.6. The highest BCUT2D eigenvalue weighted by atomic mass is 16.2. The average molecular weight is 304 g/mol. The van der Waals surface area contributed by atoms with Gasteiger partial charge in [0.1, 0.15) is 0 Å². The van der Waals surface area contributed by atoms with Crippen LogP contribution in [0.25, 0.3) is 0 Å². The standard InChI is InChI=1S/C18H28N2O2/c1-3-17(21)19-11-7-15(8-12-19)5-6-16-9-13-20(14-10-16)18(22)4-2/h3-4,15-16H,1-2,5-14H2. The van der Waals surface area contributed by atoms with Gasteiger partial charge in [0.25, 0.3) is 0 Å². The molecule has 2 amide bonds. The molecule has 2 heterocycles. The first kappa shape index (κ1) is 16.8. The number of likely N-dealkylation sites (tertiary alicyclic amines) is 2. The van der Waals surface area contributed by atoms with Crippen molar-refractivity contribution in [2.75, 3.05) is 26.2 Å². The molecule has 122 valence electrons. The van der Waals surface area contributed by atoms with Crippen molar-refractivity contribution in [1.82, 2.24) is 9.80 Å². The Balaban J connectivity index is 1.64.